The van der Waals surface area contributed by atoms with E-state index in [2.05, 4.69) is 65.1 Å². The van der Waals surface area contributed by atoms with Gasteiger partial charge < -0.3 is 10.1 Å². The van der Waals surface area contributed by atoms with Gasteiger partial charge in [0.1, 0.15) is 12.4 Å². The van der Waals surface area contributed by atoms with Crippen molar-refractivity contribution >= 4 is 0 Å². The van der Waals surface area contributed by atoms with Crippen LogP contribution in [0.5, 0.6) is 5.75 Å². The van der Waals surface area contributed by atoms with Gasteiger partial charge in [-0.25, -0.2) is 0 Å². The molecule has 1 rings (SSSR count). The van der Waals surface area contributed by atoms with E-state index in [0.29, 0.717) is 12.6 Å². The molecule has 0 aliphatic carbocycles. The minimum atomic E-state index is 0.118. The molecule has 0 spiro atoms. The molecule has 18 heavy (non-hydrogen) atoms. The molecule has 0 unspecified atom stereocenters. The molecule has 1 aromatic carbocycles. The second kappa shape index (κ2) is 6.24. The van der Waals surface area contributed by atoms with Crippen LogP contribution in [0.1, 0.15) is 45.7 Å². The topological polar surface area (TPSA) is 21.3 Å². The van der Waals surface area contributed by atoms with Crippen molar-refractivity contribution in [2.24, 2.45) is 0 Å². The van der Waals surface area contributed by atoms with Gasteiger partial charge in [-0.2, -0.15) is 0 Å². The van der Waals surface area contributed by atoms with E-state index in [-0.39, 0.29) is 5.41 Å². The second-order valence-electron chi connectivity index (χ2n) is 6.21. The molecule has 0 heterocycles. The Morgan fingerprint density at radius 3 is 2.44 bits per heavy atom. The van der Waals surface area contributed by atoms with Crippen LogP contribution in [0, 0.1) is 6.92 Å². The molecule has 0 aliphatic heterocycles. The Hall–Kier alpha value is -1.02. The molecule has 0 saturated carbocycles. The summed E-state index contributed by atoms with van der Waals surface area (Å²) in [7, 11) is 0. The first kappa shape index (κ1) is 15.0. The highest BCUT2D eigenvalue weighted by atomic mass is 16.5. The smallest absolute Gasteiger partial charge is 0.123 e. The Morgan fingerprint density at radius 1 is 1.22 bits per heavy atom. The molecule has 1 N–H and O–H groups in total. The molecule has 0 aliphatic rings. The van der Waals surface area contributed by atoms with Crippen molar-refractivity contribution in [3.05, 3.63) is 29.3 Å². The van der Waals surface area contributed by atoms with Crippen molar-refractivity contribution in [3.63, 3.8) is 0 Å². The summed E-state index contributed by atoms with van der Waals surface area (Å²) in [5, 5.41) is 3.36. The Kier molecular flexibility index (Phi) is 5.21. The van der Waals surface area contributed by atoms with Crippen LogP contribution in [0.4, 0.5) is 0 Å². The van der Waals surface area contributed by atoms with Gasteiger partial charge in [-0.15, -0.1) is 0 Å². The number of ether oxygens (including phenoxy) is 1. The Bertz CT molecular complexity index is 377. The fourth-order valence-electron chi connectivity index (χ4n) is 1.86. The third kappa shape index (κ3) is 4.69. The van der Waals surface area contributed by atoms with E-state index < -0.39 is 0 Å². The van der Waals surface area contributed by atoms with E-state index in [1.807, 2.05) is 0 Å². The van der Waals surface area contributed by atoms with Gasteiger partial charge in [-0.1, -0.05) is 52.3 Å². The Morgan fingerprint density at radius 2 is 1.89 bits per heavy atom. The van der Waals surface area contributed by atoms with E-state index in [0.717, 1.165) is 12.3 Å². The zero-order valence-electron chi connectivity index (χ0n) is 12.6. The predicted molar refractivity (Wildman–Crippen MR) is 78.5 cm³/mol. The van der Waals surface area contributed by atoms with E-state index in [1.165, 1.54) is 11.1 Å². The average Bonchev–Trinajstić information content (AvgIpc) is 2.24. The zero-order chi connectivity index (χ0) is 13.8. The molecule has 0 aromatic heterocycles. The fourth-order valence-corrected chi connectivity index (χ4v) is 1.86. The summed E-state index contributed by atoms with van der Waals surface area (Å²) in [6, 6.07) is 6.94. The minimum Gasteiger partial charge on any atom is -0.492 e. The molecule has 0 radical (unpaired) electrons. The first-order chi connectivity index (χ1) is 8.30. The summed E-state index contributed by atoms with van der Waals surface area (Å²) in [5.74, 6) is 1.01. The average molecular weight is 249 g/mol. The summed E-state index contributed by atoms with van der Waals surface area (Å²) in [5.41, 5.74) is 2.69. The predicted octanol–water partition coefficient (Wildman–Crippen LogP) is 3.67. The summed E-state index contributed by atoms with van der Waals surface area (Å²) in [4.78, 5) is 0. The van der Waals surface area contributed by atoms with Crippen LogP contribution in [0.2, 0.25) is 0 Å². The summed E-state index contributed by atoms with van der Waals surface area (Å²) in [6.45, 7) is 14.7. The molecule has 0 saturated heterocycles. The van der Waals surface area contributed by atoms with Crippen LogP contribution < -0.4 is 10.1 Å². The SMILES string of the molecule is Cc1ccc(OCCNC(C)C)c(C(C)(C)C)c1. The number of hydrogen-bond acceptors (Lipinski definition) is 2. The summed E-state index contributed by atoms with van der Waals surface area (Å²) >= 11 is 0. The third-order valence-electron chi connectivity index (χ3n) is 2.86. The number of rotatable bonds is 5. The van der Waals surface area contributed by atoms with Crippen LogP contribution in [-0.4, -0.2) is 19.2 Å². The van der Waals surface area contributed by atoms with E-state index in [4.69, 9.17) is 4.74 Å². The maximum atomic E-state index is 5.91. The van der Waals surface area contributed by atoms with Gasteiger partial charge in [0.2, 0.25) is 0 Å². The quantitative estimate of drug-likeness (QED) is 0.804. The monoisotopic (exact) mass is 249 g/mol. The van der Waals surface area contributed by atoms with Gasteiger partial charge in [0.25, 0.3) is 0 Å². The van der Waals surface area contributed by atoms with Crippen molar-refractivity contribution in [1.29, 1.82) is 0 Å². The Balaban J connectivity index is 2.70. The van der Waals surface area contributed by atoms with Gasteiger partial charge in [0, 0.05) is 12.6 Å². The fraction of sp³-hybridized carbons (Fsp3) is 0.625. The van der Waals surface area contributed by atoms with Gasteiger partial charge in [-0.05, 0) is 24.0 Å². The lowest BCUT2D eigenvalue weighted by Gasteiger charge is -2.23. The van der Waals surface area contributed by atoms with Crippen LogP contribution in [0.3, 0.4) is 0 Å². The molecular weight excluding hydrogens is 222 g/mol. The first-order valence-electron chi connectivity index (χ1n) is 6.78. The third-order valence-corrected chi connectivity index (χ3v) is 2.86. The molecule has 0 amide bonds. The highest BCUT2D eigenvalue weighted by Gasteiger charge is 2.18. The molecule has 0 bridgehead atoms. The first-order valence-corrected chi connectivity index (χ1v) is 6.78. The highest BCUT2D eigenvalue weighted by molar-refractivity contribution is 5.41. The van der Waals surface area contributed by atoms with Crippen molar-refractivity contribution in [2.75, 3.05) is 13.2 Å². The van der Waals surface area contributed by atoms with Gasteiger partial charge in [0.15, 0.2) is 0 Å². The minimum absolute atomic E-state index is 0.118. The molecule has 0 fully saturated rings. The van der Waals surface area contributed by atoms with Crippen LogP contribution in [0.25, 0.3) is 0 Å². The maximum Gasteiger partial charge on any atom is 0.123 e. The van der Waals surface area contributed by atoms with E-state index in [1.54, 1.807) is 0 Å². The lowest BCUT2D eigenvalue weighted by atomic mass is 9.85. The molecular formula is C16H27NO. The van der Waals surface area contributed by atoms with Gasteiger partial charge in [0.05, 0.1) is 0 Å². The Labute approximate surface area is 112 Å². The maximum absolute atomic E-state index is 5.91. The molecule has 2 nitrogen and oxygen atoms in total. The summed E-state index contributed by atoms with van der Waals surface area (Å²) in [6.07, 6.45) is 0. The second-order valence-corrected chi connectivity index (χ2v) is 6.21. The van der Waals surface area contributed by atoms with Crippen molar-refractivity contribution in [1.82, 2.24) is 5.32 Å². The van der Waals surface area contributed by atoms with Crippen molar-refractivity contribution in [2.45, 2.75) is 53.0 Å². The van der Waals surface area contributed by atoms with E-state index in [9.17, 15) is 0 Å². The molecule has 102 valence electrons. The van der Waals surface area contributed by atoms with Crippen LogP contribution in [-0.2, 0) is 5.41 Å². The lowest BCUT2D eigenvalue weighted by molar-refractivity contribution is 0.301. The van der Waals surface area contributed by atoms with Crippen LogP contribution >= 0.6 is 0 Å². The van der Waals surface area contributed by atoms with Crippen molar-refractivity contribution < 1.29 is 4.74 Å². The molecule has 0 atom stereocenters. The number of benzene rings is 1. The van der Waals surface area contributed by atoms with Gasteiger partial charge >= 0.3 is 0 Å². The molecule has 2 heteroatoms. The standard InChI is InChI=1S/C16H27NO/c1-12(2)17-9-10-18-15-8-7-13(3)11-14(15)16(4,5)6/h7-8,11-12,17H,9-10H2,1-6H3. The molecule has 1 aromatic rings. The number of aryl methyl sites for hydroxylation is 1. The van der Waals surface area contributed by atoms with E-state index >= 15 is 0 Å². The van der Waals surface area contributed by atoms with Crippen molar-refractivity contribution in [3.8, 4) is 5.75 Å². The number of hydrogen-bond donors (Lipinski definition) is 1. The number of nitrogens with one attached hydrogen (secondary N) is 1. The zero-order valence-corrected chi connectivity index (χ0v) is 12.6. The van der Waals surface area contributed by atoms with Gasteiger partial charge in [-0.3, -0.25) is 0 Å². The lowest BCUT2D eigenvalue weighted by Crippen LogP contribution is -2.28. The highest BCUT2D eigenvalue weighted by Crippen LogP contribution is 2.31. The summed E-state index contributed by atoms with van der Waals surface area (Å²) < 4.78 is 5.91. The van der Waals surface area contributed by atoms with Crippen LogP contribution in [0.15, 0.2) is 18.2 Å². The largest absolute Gasteiger partial charge is 0.492 e. The normalized spacial score (nSPS) is 11.9.